The van der Waals surface area contributed by atoms with Crippen molar-refractivity contribution in [3.63, 3.8) is 0 Å². The van der Waals surface area contributed by atoms with Crippen LogP contribution in [-0.2, 0) is 16.6 Å². The Kier molecular flexibility index (Phi) is 9.74. The molecule has 15 heteroatoms. The first-order valence-electron chi connectivity index (χ1n) is 18.7. The zero-order chi connectivity index (χ0) is 38.6. The number of imidazole rings is 1. The van der Waals surface area contributed by atoms with Crippen molar-refractivity contribution in [1.29, 1.82) is 0 Å². The predicted molar refractivity (Wildman–Crippen MR) is 207 cm³/mol. The van der Waals surface area contributed by atoms with Gasteiger partial charge in [-0.25, -0.2) is 18.7 Å². The first-order valence-corrected chi connectivity index (χ1v) is 19.1. The number of carbonyl (C=O) groups is 2. The van der Waals surface area contributed by atoms with Crippen molar-refractivity contribution < 1.29 is 23.1 Å². The Morgan fingerprint density at radius 3 is 2.36 bits per heavy atom. The molecule has 0 saturated carbocycles. The summed E-state index contributed by atoms with van der Waals surface area (Å²) in [6.45, 7) is 11.5. The summed E-state index contributed by atoms with van der Waals surface area (Å²) in [5.74, 6) is -1.34. The van der Waals surface area contributed by atoms with E-state index in [2.05, 4.69) is 61.1 Å². The third-order valence-electron chi connectivity index (χ3n) is 11.3. The number of aryl methyl sites for hydroxylation is 2. The zero-order valence-electron chi connectivity index (χ0n) is 31.3. The largest absolute Gasteiger partial charge is 0.453 e. The highest BCUT2D eigenvalue weighted by Crippen LogP contribution is 2.38. The summed E-state index contributed by atoms with van der Waals surface area (Å²) in [5.41, 5.74) is 4.10. The van der Waals surface area contributed by atoms with E-state index in [1.807, 2.05) is 37.2 Å². The van der Waals surface area contributed by atoms with E-state index in [1.54, 1.807) is 10.9 Å². The number of aromatic nitrogens is 5. The van der Waals surface area contributed by atoms with Gasteiger partial charge in [0.1, 0.15) is 33.7 Å². The Balaban J connectivity index is 0.867. The lowest BCUT2D eigenvalue weighted by Gasteiger charge is -2.49. The number of piperidine rings is 2. The quantitative estimate of drug-likeness (QED) is 0.165. The van der Waals surface area contributed by atoms with Crippen molar-refractivity contribution in [2.45, 2.75) is 57.9 Å². The van der Waals surface area contributed by atoms with Gasteiger partial charge < -0.3 is 19.5 Å². The fraction of sp³-hybridized carbons (Fsp3) is 0.425. The number of anilines is 2. The van der Waals surface area contributed by atoms with Crippen molar-refractivity contribution >= 4 is 46.0 Å². The molecular weight excluding hydrogens is 728 g/mol. The number of nitrogens with zero attached hydrogens (tertiary/aromatic N) is 7. The van der Waals surface area contributed by atoms with E-state index in [9.17, 15) is 9.59 Å². The van der Waals surface area contributed by atoms with Crippen molar-refractivity contribution in [3.8, 4) is 22.9 Å². The Bertz CT molecular complexity index is 2240. The van der Waals surface area contributed by atoms with Crippen LogP contribution in [0.5, 0.6) is 11.5 Å². The van der Waals surface area contributed by atoms with E-state index < -0.39 is 29.4 Å². The number of amides is 2. The number of rotatable bonds is 8. The number of hydrogen-bond acceptors (Lipinski definition) is 9. The van der Waals surface area contributed by atoms with Crippen molar-refractivity contribution in [1.82, 2.24) is 34.9 Å². The Morgan fingerprint density at radius 2 is 1.71 bits per heavy atom. The summed E-state index contributed by atoms with van der Waals surface area (Å²) in [7, 11) is 1.87. The molecule has 0 radical (unpaired) electrons. The second-order valence-electron chi connectivity index (χ2n) is 15.6. The average Bonchev–Trinajstić information content (AvgIpc) is 3.73. The number of hydrogen-bond donors (Lipinski definition) is 2. The number of piperazine rings is 1. The average molecular weight is 772 g/mol. The molecular formula is C40H44ClF2N9O3. The molecule has 3 fully saturated rings. The van der Waals surface area contributed by atoms with Crippen LogP contribution in [0.4, 0.5) is 20.2 Å². The van der Waals surface area contributed by atoms with Crippen LogP contribution in [0, 0.1) is 24.5 Å². The molecule has 0 spiro atoms. The molecule has 2 N–H and O–H groups in total. The number of aromatic amines is 1. The molecule has 3 aromatic heterocycles. The fourth-order valence-corrected chi connectivity index (χ4v) is 8.49. The fourth-order valence-electron chi connectivity index (χ4n) is 8.30. The number of nitrogens with one attached hydrogen (secondary N) is 2. The van der Waals surface area contributed by atoms with Gasteiger partial charge in [-0.1, -0.05) is 11.6 Å². The van der Waals surface area contributed by atoms with Crippen LogP contribution in [0.25, 0.3) is 22.6 Å². The summed E-state index contributed by atoms with van der Waals surface area (Å²) in [4.78, 5) is 43.2. The number of H-pyrrole nitrogens is 1. The summed E-state index contributed by atoms with van der Waals surface area (Å²) in [6.07, 6.45) is 5.44. The van der Waals surface area contributed by atoms with Crippen LogP contribution >= 0.6 is 11.6 Å². The van der Waals surface area contributed by atoms with E-state index in [4.69, 9.17) is 16.3 Å². The molecule has 0 aliphatic carbocycles. The molecule has 3 aliphatic heterocycles. The second-order valence-corrected chi connectivity index (χ2v) is 16.0. The first kappa shape index (κ1) is 36.9. The molecule has 55 heavy (non-hydrogen) atoms. The minimum absolute atomic E-state index is 0.0639. The minimum atomic E-state index is -1.00. The highest BCUT2D eigenvalue weighted by Gasteiger charge is 2.37. The van der Waals surface area contributed by atoms with Crippen molar-refractivity contribution in [2.24, 2.45) is 13.0 Å². The molecule has 8 rings (SSSR count). The van der Waals surface area contributed by atoms with E-state index in [0.29, 0.717) is 58.2 Å². The molecule has 0 bridgehead atoms. The molecule has 6 heterocycles. The number of imide groups is 1. The van der Waals surface area contributed by atoms with Crippen LogP contribution in [0.15, 0.2) is 48.8 Å². The van der Waals surface area contributed by atoms with Gasteiger partial charge in [0.25, 0.3) is 0 Å². The lowest BCUT2D eigenvalue weighted by atomic mass is 9.89. The molecule has 288 valence electrons. The summed E-state index contributed by atoms with van der Waals surface area (Å²) < 4.78 is 38.5. The summed E-state index contributed by atoms with van der Waals surface area (Å²) in [5, 5.41) is 6.99. The van der Waals surface area contributed by atoms with Gasteiger partial charge in [-0.05, 0) is 82.3 Å². The van der Waals surface area contributed by atoms with Gasteiger partial charge in [0.15, 0.2) is 11.4 Å². The maximum absolute atomic E-state index is 15.2. The molecule has 5 aromatic rings. The smallest absolute Gasteiger partial charge is 0.234 e. The van der Waals surface area contributed by atoms with Gasteiger partial charge in [0.05, 0.1) is 23.4 Å². The van der Waals surface area contributed by atoms with Crippen LogP contribution in [0.3, 0.4) is 0 Å². The Morgan fingerprint density at radius 1 is 0.982 bits per heavy atom. The number of halogens is 3. The third kappa shape index (κ3) is 7.37. The SMILES string of the molecule is Cc1nn(C)cc1-c1nc2ncc(Cl)c(Oc3ccc(N4CCN(CC5CCN(c6cc(F)c([C@H]7CCC(=O)NC7=O)c(F)c6)CC5)C(C)(C)C4)cc3)c2[nH]1. The first-order chi connectivity index (χ1) is 26.3. The van der Waals surface area contributed by atoms with E-state index >= 15 is 8.78 Å². The molecule has 3 aliphatic rings. The van der Waals surface area contributed by atoms with Crippen LogP contribution in [0.2, 0.25) is 5.02 Å². The van der Waals surface area contributed by atoms with Crippen LogP contribution in [-0.4, -0.2) is 86.3 Å². The molecule has 3 saturated heterocycles. The lowest BCUT2D eigenvalue weighted by molar-refractivity contribution is -0.134. The molecule has 2 amide bonds. The molecule has 2 aromatic carbocycles. The minimum Gasteiger partial charge on any atom is -0.453 e. The predicted octanol–water partition coefficient (Wildman–Crippen LogP) is 6.73. The number of benzene rings is 2. The zero-order valence-corrected chi connectivity index (χ0v) is 32.1. The van der Waals surface area contributed by atoms with E-state index in [0.717, 1.165) is 56.0 Å². The van der Waals surface area contributed by atoms with Gasteiger partial charge in [-0.3, -0.25) is 24.5 Å². The molecule has 12 nitrogen and oxygen atoms in total. The standard InChI is InChI=1S/C40H44ClF2N9O3/c1-23-29(21-49(4)48-23)37-46-35-36(30(41)19-44-38(35)47-37)55-27-7-5-25(6-8-27)51-15-16-52(40(2,3)22-51)20-24-11-13-50(14-12-24)26-17-31(42)34(32(43)18-26)28-9-10-33(53)45-39(28)54/h5-8,17-19,21,24,28H,9-16,20,22H2,1-4H3,(H,44,46,47)(H,45,53,54)/t28-/m1/s1. The monoisotopic (exact) mass is 771 g/mol. The topological polar surface area (TPSA) is 125 Å². The highest BCUT2D eigenvalue weighted by atomic mass is 35.5. The number of pyridine rings is 1. The molecule has 1 atom stereocenters. The van der Waals surface area contributed by atoms with Crippen molar-refractivity contribution in [2.75, 3.05) is 49.1 Å². The van der Waals surface area contributed by atoms with E-state index in [-0.39, 0.29) is 23.9 Å². The maximum Gasteiger partial charge on any atom is 0.234 e. The highest BCUT2D eigenvalue weighted by molar-refractivity contribution is 6.32. The summed E-state index contributed by atoms with van der Waals surface area (Å²) >= 11 is 6.58. The maximum atomic E-state index is 15.2. The van der Waals surface area contributed by atoms with E-state index in [1.165, 1.54) is 12.1 Å². The number of carbonyl (C=O) groups excluding carboxylic acids is 2. The van der Waals surface area contributed by atoms with Crippen molar-refractivity contribution in [3.05, 3.63) is 76.7 Å². The Hall–Kier alpha value is -5.08. The van der Waals surface area contributed by atoms with Gasteiger partial charge in [0, 0.05) is 81.4 Å². The third-order valence-corrected chi connectivity index (χ3v) is 11.6. The second kappa shape index (κ2) is 14.5. The normalized spacial score (nSPS) is 19.7. The van der Waals surface area contributed by atoms with Gasteiger partial charge in [0.2, 0.25) is 11.8 Å². The van der Waals surface area contributed by atoms with Gasteiger partial charge >= 0.3 is 0 Å². The Labute approximate surface area is 322 Å². The van der Waals surface area contributed by atoms with Gasteiger partial charge in [-0.15, -0.1) is 0 Å². The lowest BCUT2D eigenvalue weighted by Crippen LogP contribution is -2.60. The molecule has 0 unspecified atom stereocenters. The number of ether oxygens (including phenoxy) is 1. The number of fused-ring (bicyclic) bond motifs is 1. The van der Waals surface area contributed by atoms with Crippen LogP contribution < -0.4 is 19.9 Å². The summed E-state index contributed by atoms with van der Waals surface area (Å²) in [6, 6.07) is 10.7. The van der Waals surface area contributed by atoms with Gasteiger partial charge in [-0.2, -0.15) is 5.10 Å². The van der Waals surface area contributed by atoms with Crippen LogP contribution in [0.1, 0.15) is 56.7 Å².